The Hall–Kier alpha value is -1.38. The fraction of sp³-hybridized carbons (Fsp3) is 0.364. The Labute approximate surface area is 82.4 Å². The molecule has 0 spiro atoms. The first kappa shape index (κ1) is 10.7. The van der Waals surface area contributed by atoms with Crippen molar-refractivity contribution in [3.8, 4) is 0 Å². The van der Waals surface area contributed by atoms with Crippen LogP contribution < -0.4 is 0 Å². The SMILES string of the molecule is Cc1cc(F)cc(C(C)(C)C(=O)O)c1. The molecule has 14 heavy (non-hydrogen) atoms. The van der Waals surface area contributed by atoms with E-state index in [9.17, 15) is 9.18 Å². The molecule has 76 valence electrons. The van der Waals surface area contributed by atoms with Gasteiger partial charge >= 0.3 is 5.97 Å². The highest BCUT2D eigenvalue weighted by molar-refractivity contribution is 5.80. The summed E-state index contributed by atoms with van der Waals surface area (Å²) in [5, 5.41) is 8.95. The third-order valence-electron chi connectivity index (χ3n) is 2.30. The van der Waals surface area contributed by atoms with Crippen LogP contribution in [-0.4, -0.2) is 11.1 Å². The molecular weight excluding hydrogens is 183 g/mol. The van der Waals surface area contributed by atoms with Gasteiger partial charge in [-0.2, -0.15) is 0 Å². The van der Waals surface area contributed by atoms with E-state index in [1.165, 1.54) is 12.1 Å². The van der Waals surface area contributed by atoms with Crippen LogP contribution in [0.3, 0.4) is 0 Å². The van der Waals surface area contributed by atoms with E-state index in [0.717, 1.165) is 5.56 Å². The maximum atomic E-state index is 13.0. The maximum absolute atomic E-state index is 13.0. The Morgan fingerprint density at radius 1 is 1.36 bits per heavy atom. The molecule has 0 unspecified atom stereocenters. The van der Waals surface area contributed by atoms with Gasteiger partial charge in [0.15, 0.2) is 0 Å². The summed E-state index contributed by atoms with van der Waals surface area (Å²) in [5.74, 6) is -1.35. The van der Waals surface area contributed by atoms with Crippen molar-refractivity contribution in [3.05, 3.63) is 35.1 Å². The first-order chi connectivity index (χ1) is 6.34. The maximum Gasteiger partial charge on any atom is 0.313 e. The number of rotatable bonds is 2. The summed E-state index contributed by atoms with van der Waals surface area (Å²) in [4.78, 5) is 10.9. The van der Waals surface area contributed by atoms with Crippen molar-refractivity contribution in [1.29, 1.82) is 0 Å². The van der Waals surface area contributed by atoms with Crippen molar-refractivity contribution in [2.45, 2.75) is 26.2 Å². The van der Waals surface area contributed by atoms with Crippen LogP contribution in [0, 0.1) is 12.7 Å². The highest BCUT2D eigenvalue weighted by Crippen LogP contribution is 2.25. The molecule has 0 aromatic heterocycles. The van der Waals surface area contributed by atoms with Crippen molar-refractivity contribution >= 4 is 5.97 Å². The quantitative estimate of drug-likeness (QED) is 0.789. The zero-order valence-corrected chi connectivity index (χ0v) is 8.47. The normalized spacial score (nSPS) is 11.4. The van der Waals surface area contributed by atoms with Crippen molar-refractivity contribution < 1.29 is 14.3 Å². The van der Waals surface area contributed by atoms with Crippen molar-refractivity contribution in [3.63, 3.8) is 0 Å². The first-order valence-corrected chi connectivity index (χ1v) is 4.35. The Morgan fingerprint density at radius 2 is 1.93 bits per heavy atom. The zero-order chi connectivity index (χ0) is 10.9. The molecule has 1 aromatic carbocycles. The third kappa shape index (κ3) is 1.92. The van der Waals surface area contributed by atoms with Gasteiger partial charge in [-0.05, 0) is 44.0 Å². The molecule has 1 aromatic rings. The summed E-state index contributed by atoms with van der Waals surface area (Å²) < 4.78 is 13.0. The van der Waals surface area contributed by atoms with Crippen LogP contribution in [0.4, 0.5) is 4.39 Å². The van der Waals surface area contributed by atoms with Crippen LogP contribution in [0.1, 0.15) is 25.0 Å². The number of carboxylic acid groups (broad SMARTS) is 1. The largest absolute Gasteiger partial charge is 0.481 e. The third-order valence-corrected chi connectivity index (χ3v) is 2.30. The van der Waals surface area contributed by atoms with E-state index in [1.807, 2.05) is 0 Å². The molecule has 0 saturated carbocycles. The predicted octanol–water partition coefficient (Wildman–Crippen LogP) is 2.50. The summed E-state index contributed by atoms with van der Waals surface area (Å²) in [6.45, 7) is 4.86. The van der Waals surface area contributed by atoms with E-state index < -0.39 is 17.2 Å². The molecule has 1 N–H and O–H groups in total. The lowest BCUT2D eigenvalue weighted by atomic mass is 9.84. The molecule has 2 nitrogen and oxygen atoms in total. The summed E-state index contributed by atoms with van der Waals surface area (Å²) in [6.07, 6.45) is 0. The average Bonchev–Trinajstić information content (AvgIpc) is 2.01. The second-order valence-corrected chi connectivity index (χ2v) is 3.95. The van der Waals surface area contributed by atoms with Gasteiger partial charge in [0.2, 0.25) is 0 Å². The fourth-order valence-electron chi connectivity index (χ4n) is 1.22. The topological polar surface area (TPSA) is 37.3 Å². The van der Waals surface area contributed by atoms with Crippen LogP contribution in [-0.2, 0) is 10.2 Å². The highest BCUT2D eigenvalue weighted by Gasteiger charge is 2.29. The molecule has 0 aliphatic carbocycles. The molecule has 0 aliphatic rings. The number of carboxylic acids is 1. The predicted molar refractivity (Wildman–Crippen MR) is 51.8 cm³/mol. The van der Waals surface area contributed by atoms with Gasteiger partial charge in [0.1, 0.15) is 5.82 Å². The second kappa shape index (κ2) is 3.40. The van der Waals surface area contributed by atoms with Crippen LogP contribution in [0.2, 0.25) is 0 Å². The standard InChI is InChI=1S/C11H13FO2/c1-7-4-8(6-9(12)5-7)11(2,3)10(13)14/h4-6H,1-3H3,(H,13,14). The van der Waals surface area contributed by atoms with Gasteiger partial charge in [0.05, 0.1) is 5.41 Å². The van der Waals surface area contributed by atoms with E-state index in [1.54, 1.807) is 26.8 Å². The zero-order valence-electron chi connectivity index (χ0n) is 8.47. The van der Waals surface area contributed by atoms with Crippen molar-refractivity contribution in [1.82, 2.24) is 0 Å². The van der Waals surface area contributed by atoms with Gasteiger partial charge in [-0.25, -0.2) is 4.39 Å². The number of halogens is 1. The molecule has 0 heterocycles. The molecule has 0 atom stereocenters. The van der Waals surface area contributed by atoms with Gasteiger partial charge in [-0.3, -0.25) is 4.79 Å². The Morgan fingerprint density at radius 3 is 2.36 bits per heavy atom. The second-order valence-electron chi connectivity index (χ2n) is 3.95. The van der Waals surface area contributed by atoms with Crippen LogP contribution in [0.5, 0.6) is 0 Å². The van der Waals surface area contributed by atoms with Crippen LogP contribution in [0.15, 0.2) is 18.2 Å². The number of hydrogen-bond acceptors (Lipinski definition) is 1. The monoisotopic (exact) mass is 196 g/mol. The van der Waals surface area contributed by atoms with E-state index >= 15 is 0 Å². The lowest BCUT2D eigenvalue weighted by Crippen LogP contribution is -2.28. The molecule has 3 heteroatoms. The number of aryl methyl sites for hydroxylation is 1. The van der Waals surface area contributed by atoms with E-state index in [4.69, 9.17) is 5.11 Å². The summed E-state index contributed by atoms with van der Waals surface area (Å²) in [6, 6.07) is 4.33. The van der Waals surface area contributed by atoms with E-state index in [-0.39, 0.29) is 0 Å². The molecule has 0 bridgehead atoms. The van der Waals surface area contributed by atoms with E-state index in [2.05, 4.69) is 0 Å². The van der Waals surface area contributed by atoms with Gasteiger partial charge in [0.25, 0.3) is 0 Å². The molecule has 1 rings (SSSR count). The van der Waals surface area contributed by atoms with Gasteiger partial charge in [-0.1, -0.05) is 6.07 Å². The summed E-state index contributed by atoms with van der Waals surface area (Å²) >= 11 is 0. The number of aliphatic carboxylic acids is 1. The molecule has 0 amide bonds. The number of hydrogen-bond donors (Lipinski definition) is 1. The molecule has 0 fully saturated rings. The smallest absolute Gasteiger partial charge is 0.313 e. The fourth-order valence-corrected chi connectivity index (χ4v) is 1.22. The summed E-state index contributed by atoms with van der Waals surface area (Å²) in [5.41, 5.74) is 0.171. The Kier molecular flexibility index (Phi) is 2.60. The molecular formula is C11H13FO2. The lowest BCUT2D eigenvalue weighted by molar-refractivity contribution is -0.142. The van der Waals surface area contributed by atoms with Gasteiger partial charge in [0, 0.05) is 0 Å². The number of carbonyl (C=O) groups is 1. The number of benzene rings is 1. The molecule has 0 aliphatic heterocycles. The lowest BCUT2D eigenvalue weighted by Gasteiger charge is -2.20. The van der Waals surface area contributed by atoms with Crippen LogP contribution >= 0.6 is 0 Å². The Balaban J connectivity index is 3.25. The van der Waals surface area contributed by atoms with Gasteiger partial charge in [-0.15, -0.1) is 0 Å². The Bertz CT molecular complexity index is 349. The first-order valence-electron chi connectivity index (χ1n) is 4.35. The van der Waals surface area contributed by atoms with E-state index in [0.29, 0.717) is 5.56 Å². The highest BCUT2D eigenvalue weighted by atomic mass is 19.1. The summed E-state index contributed by atoms with van der Waals surface area (Å²) in [7, 11) is 0. The van der Waals surface area contributed by atoms with Crippen LogP contribution in [0.25, 0.3) is 0 Å². The molecule has 0 radical (unpaired) electrons. The van der Waals surface area contributed by atoms with Crippen molar-refractivity contribution in [2.75, 3.05) is 0 Å². The van der Waals surface area contributed by atoms with Crippen molar-refractivity contribution in [2.24, 2.45) is 0 Å². The minimum atomic E-state index is -1.05. The minimum Gasteiger partial charge on any atom is -0.481 e. The minimum absolute atomic E-state index is 0.394. The molecule has 0 saturated heterocycles. The van der Waals surface area contributed by atoms with Gasteiger partial charge < -0.3 is 5.11 Å². The average molecular weight is 196 g/mol.